The summed E-state index contributed by atoms with van der Waals surface area (Å²) in [5.74, 6) is 1.53. The zero-order chi connectivity index (χ0) is 16.7. The van der Waals surface area contributed by atoms with Crippen molar-refractivity contribution in [2.75, 3.05) is 6.54 Å². The summed E-state index contributed by atoms with van der Waals surface area (Å²) in [7, 11) is 0. The van der Waals surface area contributed by atoms with Crippen LogP contribution in [0.15, 0.2) is 42.6 Å². The first-order valence-electron chi connectivity index (χ1n) is 9.75. The highest BCUT2D eigenvalue weighted by Gasteiger charge is 2.51. The lowest BCUT2D eigenvalue weighted by molar-refractivity contribution is 0.0796. The topological polar surface area (TPSA) is 34.1 Å². The summed E-state index contributed by atoms with van der Waals surface area (Å²) in [5.41, 5.74) is 4.90. The molecule has 1 saturated heterocycles. The van der Waals surface area contributed by atoms with E-state index in [-0.39, 0.29) is 0 Å². The zero-order valence-corrected chi connectivity index (χ0v) is 14.7. The quantitative estimate of drug-likeness (QED) is 0.921. The Balaban J connectivity index is 1.46. The van der Waals surface area contributed by atoms with Crippen molar-refractivity contribution >= 4 is 0 Å². The minimum atomic E-state index is 0.419. The monoisotopic (exact) mass is 334 g/mol. The van der Waals surface area contributed by atoms with Crippen LogP contribution in [0, 0.1) is 5.92 Å². The molecule has 0 amide bonds. The van der Waals surface area contributed by atoms with E-state index in [0.717, 1.165) is 5.92 Å². The summed E-state index contributed by atoms with van der Waals surface area (Å²) in [5, 5.41) is 3.81. The molecule has 3 atom stereocenters. The summed E-state index contributed by atoms with van der Waals surface area (Å²) in [6, 6.07) is 13.6. The Kier molecular flexibility index (Phi) is 3.78. The average molecular weight is 334 g/mol. The van der Waals surface area contributed by atoms with Gasteiger partial charge in [0.25, 0.3) is 0 Å². The second kappa shape index (κ2) is 6.14. The van der Waals surface area contributed by atoms with Crippen LogP contribution in [0.1, 0.15) is 48.8 Å². The Hall–Kier alpha value is -1.87. The van der Waals surface area contributed by atoms with Crippen molar-refractivity contribution in [3.05, 3.63) is 59.3 Å². The molecule has 3 nitrogen and oxygen atoms in total. The van der Waals surface area contributed by atoms with Crippen LogP contribution in [0.5, 0.6) is 5.88 Å². The molecule has 3 aliphatic rings. The van der Waals surface area contributed by atoms with Crippen molar-refractivity contribution in [2.24, 2.45) is 5.92 Å². The van der Waals surface area contributed by atoms with E-state index in [1.54, 1.807) is 17.3 Å². The second-order valence-corrected chi connectivity index (χ2v) is 7.97. The molecule has 25 heavy (non-hydrogen) atoms. The minimum Gasteiger partial charge on any atom is -0.473 e. The van der Waals surface area contributed by atoms with Gasteiger partial charge in [-0.1, -0.05) is 37.1 Å². The maximum absolute atomic E-state index is 5.90. The molecule has 2 aromatic rings. The molecule has 2 aliphatic carbocycles. The molecule has 1 N–H and O–H groups in total. The molecule has 0 spiro atoms. The Labute approximate surface area is 149 Å². The predicted molar refractivity (Wildman–Crippen MR) is 98.8 cm³/mol. The van der Waals surface area contributed by atoms with Crippen LogP contribution in [0.25, 0.3) is 0 Å². The molecule has 1 aromatic carbocycles. The summed E-state index contributed by atoms with van der Waals surface area (Å²) in [6.45, 7) is 1.78. The molecule has 0 radical (unpaired) electrons. The van der Waals surface area contributed by atoms with E-state index >= 15 is 0 Å². The molecule has 5 rings (SSSR count). The van der Waals surface area contributed by atoms with Gasteiger partial charge >= 0.3 is 0 Å². The molecule has 2 bridgehead atoms. The van der Waals surface area contributed by atoms with E-state index in [2.05, 4.69) is 28.5 Å². The van der Waals surface area contributed by atoms with E-state index < -0.39 is 0 Å². The van der Waals surface area contributed by atoms with Crippen LogP contribution in [-0.2, 0) is 18.4 Å². The second-order valence-electron chi connectivity index (χ2n) is 7.97. The Morgan fingerprint density at radius 3 is 3.08 bits per heavy atom. The first-order valence-corrected chi connectivity index (χ1v) is 9.75. The SMILES string of the molecule is c1ccc(OCc2ccc3c(c2)[C@@]24CCCC[C@H]2[C@@H](C3)NCC4)nc1. The molecule has 3 heteroatoms. The lowest BCUT2D eigenvalue weighted by Crippen LogP contribution is -2.59. The number of nitrogens with one attached hydrogen (secondary N) is 1. The average Bonchev–Trinajstić information content (AvgIpc) is 2.67. The number of benzene rings is 1. The first-order chi connectivity index (χ1) is 12.4. The molecule has 2 fully saturated rings. The van der Waals surface area contributed by atoms with E-state index in [1.165, 1.54) is 50.6 Å². The summed E-state index contributed by atoms with van der Waals surface area (Å²) >= 11 is 0. The molecule has 130 valence electrons. The highest BCUT2D eigenvalue weighted by atomic mass is 16.5. The maximum atomic E-state index is 5.90. The normalized spacial score (nSPS) is 30.2. The zero-order valence-electron chi connectivity index (χ0n) is 14.7. The Morgan fingerprint density at radius 2 is 2.16 bits per heavy atom. The Bertz CT molecular complexity index is 756. The molecule has 0 unspecified atom stereocenters. The fourth-order valence-corrected chi connectivity index (χ4v) is 5.65. The van der Waals surface area contributed by atoms with Crippen LogP contribution in [-0.4, -0.2) is 17.6 Å². The molecule has 1 saturated carbocycles. The lowest BCUT2D eigenvalue weighted by atomic mass is 9.52. The van der Waals surface area contributed by atoms with E-state index in [1.807, 2.05) is 18.2 Å². The standard InChI is InChI=1S/C22H26N2O/c1-3-9-22-10-12-23-20(18(22)5-1)14-17-8-7-16(13-19(17)22)15-25-21-6-2-4-11-24-21/h2,4,6-8,11,13,18,20,23H,1,3,5,9-10,12,14-15H2/t18-,20+,22+/m0/s1. The van der Waals surface area contributed by atoms with Gasteiger partial charge in [0, 0.05) is 23.7 Å². The summed E-state index contributed by atoms with van der Waals surface area (Å²) in [6.07, 6.45) is 9.83. The van der Waals surface area contributed by atoms with Gasteiger partial charge in [0.2, 0.25) is 5.88 Å². The van der Waals surface area contributed by atoms with Crippen molar-refractivity contribution < 1.29 is 4.74 Å². The van der Waals surface area contributed by atoms with Gasteiger partial charge in [-0.3, -0.25) is 0 Å². The van der Waals surface area contributed by atoms with Gasteiger partial charge in [0.15, 0.2) is 0 Å². The van der Waals surface area contributed by atoms with E-state index in [0.29, 0.717) is 23.9 Å². The number of pyridine rings is 1. The molecular weight excluding hydrogens is 308 g/mol. The highest BCUT2D eigenvalue weighted by Crippen LogP contribution is 2.53. The Morgan fingerprint density at radius 1 is 1.16 bits per heavy atom. The highest BCUT2D eigenvalue weighted by molar-refractivity contribution is 5.43. The number of nitrogens with zero attached hydrogens (tertiary/aromatic N) is 1. The van der Waals surface area contributed by atoms with Crippen LogP contribution in [0.4, 0.5) is 0 Å². The van der Waals surface area contributed by atoms with Crippen LogP contribution < -0.4 is 10.1 Å². The van der Waals surface area contributed by atoms with Gasteiger partial charge in [-0.25, -0.2) is 4.98 Å². The molecule has 2 heterocycles. The summed E-state index contributed by atoms with van der Waals surface area (Å²) < 4.78 is 5.90. The number of piperidine rings is 1. The lowest BCUT2D eigenvalue weighted by Gasteiger charge is -2.56. The summed E-state index contributed by atoms with van der Waals surface area (Å²) in [4.78, 5) is 4.27. The fourth-order valence-electron chi connectivity index (χ4n) is 5.65. The van der Waals surface area contributed by atoms with Crippen LogP contribution in [0.3, 0.4) is 0 Å². The van der Waals surface area contributed by atoms with Gasteiger partial charge in [0.05, 0.1) is 0 Å². The van der Waals surface area contributed by atoms with Gasteiger partial charge < -0.3 is 10.1 Å². The molecule has 1 aliphatic heterocycles. The van der Waals surface area contributed by atoms with Gasteiger partial charge in [-0.05, 0) is 60.9 Å². The van der Waals surface area contributed by atoms with E-state index in [9.17, 15) is 0 Å². The first kappa shape index (κ1) is 15.4. The third-order valence-electron chi connectivity index (χ3n) is 6.74. The smallest absolute Gasteiger partial charge is 0.213 e. The van der Waals surface area contributed by atoms with E-state index in [4.69, 9.17) is 4.74 Å². The minimum absolute atomic E-state index is 0.419. The van der Waals surface area contributed by atoms with Gasteiger partial charge in [-0.15, -0.1) is 0 Å². The molecular formula is C22H26N2O. The maximum Gasteiger partial charge on any atom is 0.213 e. The largest absolute Gasteiger partial charge is 0.473 e. The third kappa shape index (κ3) is 2.56. The van der Waals surface area contributed by atoms with Gasteiger partial charge in [-0.2, -0.15) is 0 Å². The van der Waals surface area contributed by atoms with Crippen LogP contribution >= 0.6 is 0 Å². The van der Waals surface area contributed by atoms with Crippen molar-refractivity contribution in [1.82, 2.24) is 10.3 Å². The van der Waals surface area contributed by atoms with Crippen molar-refractivity contribution in [3.63, 3.8) is 0 Å². The number of rotatable bonds is 3. The number of hydrogen-bond acceptors (Lipinski definition) is 3. The van der Waals surface area contributed by atoms with Crippen molar-refractivity contribution in [3.8, 4) is 5.88 Å². The number of ether oxygens (including phenoxy) is 1. The number of hydrogen-bond donors (Lipinski definition) is 1. The van der Waals surface area contributed by atoms with Gasteiger partial charge in [0.1, 0.15) is 6.61 Å². The number of aromatic nitrogens is 1. The molecule has 1 aromatic heterocycles. The number of fused-ring (bicyclic) bond motifs is 1. The van der Waals surface area contributed by atoms with Crippen molar-refractivity contribution in [1.29, 1.82) is 0 Å². The third-order valence-corrected chi connectivity index (χ3v) is 6.74. The predicted octanol–water partition coefficient (Wildman–Crippen LogP) is 4.01. The van der Waals surface area contributed by atoms with Crippen molar-refractivity contribution in [2.45, 2.75) is 56.6 Å². The fraction of sp³-hybridized carbons (Fsp3) is 0.500. The van der Waals surface area contributed by atoms with Crippen LogP contribution in [0.2, 0.25) is 0 Å².